The topological polar surface area (TPSA) is 81.3 Å². The number of para-hydroxylation sites is 1. The van der Waals surface area contributed by atoms with E-state index >= 15 is 0 Å². The lowest BCUT2D eigenvalue weighted by Crippen LogP contribution is -2.17. The van der Waals surface area contributed by atoms with Crippen molar-refractivity contribution >= 4 is 32.8 Å². The average Bonchev–Trinajstić information content (AvgIpc) is 2.62. The number of hydrogen-bond acceptors (Lipinski definition) is 5. The Hall–Kier alpha value is -2.67. The van der Waals surface area contributed by atoms with Crippen molar-refractivity contribution in [2.24, 2.45) is 0 Å². The molecule has 3 aromatic rings. The zero-order valence-electron chi connectivity index (χ0n) is 13.6. The van der Waals surface area contributed by atoms with Gasteiger partial charge >= 0.3 is 5.97 Å². The van der Waals surface area contributed by atoms with Gasteiger partial charge in [-0.1, -0.05) is 12.1 Å². The monoisotopic (exact) mass is 402 g/mol. The molecule has 0 bridgehead atoms. The number of fused-ring (bicyclic) bond motifs is 1. The number of nitrogens with one attached hydrogen (secondary N) is 1. The second-order valence-corrected chi connectivity index (χ2v) is 6.22. The molecule has 25 heavy (non-hydrogen) atoms. The van der Waals surface area contributed by atoms with Crippen molar-refractivity contribution in [3.63, 3.8) is 0 Å². The van der Waals surface area contributed by atoms with Gasteiger partial charge in [-0.15, -0.1) is 0 Å². The molecule has 1 N–H and O–H groups in total. The SMILES string of the molecule is COc1ccc(Br)c(C(=O)OC(C)c2nc3ccccc3c(=O)[nH]2)c1. The van der Waals surface area contributed by atoms with Crippen molar-refractivity contribution in [2.75, 3.05) is 7.11 Å². The van der Waals surface area contributed by atoms with Gasteiger partial charge < -0.3 is 14.5 Å². The molecule has 3 rings (SSSR count). The Morgan fingerprint density at radius 2 is 2.00 bits per heavy atom. The molecule has 1 aromatic heterocycles. The van der Waals surface area contributed by atoms with Gasteiger partial charge in [-0.3, -0.25) is 4.79 Å². The summed E-state index contributed by atoms with van der Waals surface area (Å²) in [6.45, 7) is 1.65. The molecule has 0 aliphatic heterocycles. The van der Waals surface area contributed by atoms with Gasteiger partial charge in [0.05, 0.1) is 23.6 Å². The van der Waals surface area contributed by atoms with Crippen LogP contribution < -0.4 is 10.3 Å². The molecular formula is C18H15BrN2O4. The number of methoxy groups -OCH3 is 1. The van der Waals surface area contributed by atoms with Crippen molar-refractivity contribution in [2.45, 2.75) is 13.0 Å². The molecule has 1 atom stereocenters. The molecule has 0 fully saturated rings. The Kier molecular flexibility index (Phi) is 4.85. The van der Waals surface area contributed by atoms with Crippen molar-refractivity contribution in [3.05, 3.63) is 68.7 Å². The Morgan fingerprint density at radius 3 is 2.76 bits per heavy atom. The van der Waals surface area contributed by atoms with Gasteiger partial charge in [0.15, 0.2) is 11.9 Å². The molecule has 1 heterocycles. The molecule has 0 spiro atoms. The van der Waals surface area contributed by atoms with E-state index in [0.717, 1.165) is 0 Å². The fourth-order valence-electron chi connectivity index (χ4n) is 2.36. The summed E-state index contributed by atoms with van der Waals surface area (Å²) < 4.78 is 11.2. The van der Waals surface area contributed by atoms with Crippen LogP contribution in [0.15, 0.2) is 51.7 Å². The number of rotatable bonds is 4. The highest BCUT2D eigenvalue weighted by molar-refractivity contribution is 9.10. The van der Waals surface area contributed by atoms with E-state index in [1.165, 1.54) is 7.11 Å². The van der Waals surface area contributed by atoms with Crippen LogP contribution in [-0.2, 0) is 4.74 Å². The smallest absolute Gasteiger partial charge is 0.340 e. The fraction of sp³-hybridized carbons (Fsp3) is 0.167. The number of H-pyrrole nitrogens is 1. The van der Waals surface area contributed by atoms with E-state index in [2.05, 4.69) is 25.9 Å². The van der Waals surface area contributed by atoms with Crippen molar-refractivity contribution < 1.29 is 14.3 Å². The van der Waals surface area contributed by atoms with Crippen LogP contribution >= 0.6 is 15.9 Å². The molecule has 0 saturated heterocycles. The molecule has 2 aromatic carbocycles. The van der Waals surface area contributed by atoms with Gasteiger partial charge in [-0.2, -0.15) is 0 Å². The molecule has 0 aliphatic carbocycles. The van der Waals surface area contributed by atoms with E-state index < -0.39 is 12.1 Å². The minimum absolute atomic E-state index is 0.272. The van der Waals surface area contributed by atoms with E-state index in [1.54, 1.807) is 49.4 Å². The van der Waals surface area contributed by atoms with Crippen LogP contribution in [-0.4, -0.2) is 23.0 Å². The zero-order chi connectivity index (χ0) is 18.0. The van der Waals surface area contributed by atoms with Gasteiger partial charge in [0, 0.05) is 4.47 Å². The molecular weight excluding hydrogens is 388 g/mol. The summed E-state index contributed by atoms with van der Waals surface area (Å²) in [7, 11) is 1.52. The first kappa shape index (κ1) is 17.2. The summed E-state index contributed by atoms with van der Waals surface area (Å²) >= 11 is 3.32. The van der Waals surface area contributed by atoms with Crippen LogP contribution in [0.25, 0.3) is 10.9 Å². The third kappa shape index (κ3) is 3.56. The summed E-state index contributed by atoms with van der Waals surface area (Å²) in [5.41, 5.74) is 0.604. The summed E-state index contributed by atoms with van der Waals surface area (Å²) in [5.74, 6) is 0.283. The predicted octanol–water partition coefficient (Wildman–Crippen LogP) is 3.61. The first-order valence-electron chi connectivity index (χ1n) is 7.53. The first-order chi connectivity index (χ1) is 12.0. The Morgan fingerprint density at radius 1 is 1.24 bits per heavy atom. The third-order valence-corrected chi connectivity index (χ3v) is 4.39. The van der Waals surface area contributed by atoms with Crippen LogP contribution in [0.4, 0.5) is 0 Å². The highest BCUT2D eigenvalue weighted by atomic mass is 79.9. The Bertz CT molecular complexity index is 1000. The second-order valence-electron chi connectivity index (χ2n) is 5.36. The van der Waals surface area contributed by atoms with Crippen molar-refractivity contribution in [3.8, 4) is 5.75 Å². The minimum atomic E-state index is -0.720. The molecule has 1 unspecified atom stereocenters. The van der Waals surface area contributed by atoms with Crippen LogP contribution in [0.2, 0.25) is 0 Å². The third-order valence-electron chi connectivity index (χ3n) is 3.69. The number of benzene rings is 2. The second kappa shape index (κ2) is 7.06. The highest BCUT2D eigenvalue weighted by Gasteiger charge is 2.19. The molecule has 0 aliphatic rings. The lowest BCUT2D eigenvalue weighted by atomic mass is 10.2. The van der Waals surface area contributed by atoms with Crippen molar-refractivity contribution in [1.29, 1.82) is 0 Å². The van der Waals surface area contributed by atoms with E-state index in [0.29, 0.717) is 26.7 Å². The minimum Gasteiger partial charge on any atom is -0.497 e. The quantitative estimate of drug-likeness (QED) is 0.674. The summed E-state index contributed by atoms with van der Waals surface area (Å²) in [6.07, 6.45) is -0.720. The lowest BCUT2D eigenvalue weighted by molar-refractivity contribution is 0.0318. The molecule has 7 heteroatoms. The summed E-state index contributed by atoms with van der Waals surface area (Å²) in [5, 5.41) is 0.486. The van der Waals surface area contributed by atoms with Crippen LogP contribution in [0.5, 0.6) is 5.75 Å². The number of aromatic amines is 1. The number of hydrogen-bond donors (Lipinski definition) is 1. The molecule has 0 amide bonds. The van der Waals surface area contributed by atoms with E-state index in [-0.39, 0.29) is 11.4 Å². The number of halogens is 1. The van der Waals surface area contributed by atoms with Gasteiger partial charge in [-0.05, 0) is 53.2 Å². The summed E-state index contributed by atoms with van der Waals surface area (Å²) in [4.78, 5) is 31.6. The van der Waals surface area contributed by atoms with Gasteiger partial charge in [0.1, 0.15) is 5.75 Å². The maximum atomic E-state index is 12.4. The maximum absolute atomic E-state index is 12.4. The zero-order valence-corrected chi connectivity index (χ0v) is 15.2. The number of ether oxygens (including phenoxy) is 2. The fourth-order valence-corrected chi connectivity index (χ4v) is 2.77. The van der Waals surface area contributed by atoms with Crippen molar-refractivity contribution in [1.82, 2.24) is 9.97 Å². The number of nitrogens with zero attached hydrogens (tertiary/aromatic N) is 1. The molecule has 6 nitrogen and oxygen atoms in total. The maximum Gasteiger partial charge on any atom is 0.340 e. The lowest BCUT2D eigenvalue weighted by Gasteiger charge is -2.14. The largest absolute Gasteiger partial charge is 0.497 e. The van der Waals surface area contributed by atoms with E-state index in [9.17, 15) is 9.59 Å². The number of carbonyl (C=O) groups excluding carboxylic acids is 1. The predicted molar refractivity (Wildman–Crippen MR) is 96.9 cm³/mol. The normalized spacial score (nSPS) is 12.0. The van der Waals surface area contributed by atoms with Crippen LogP contribution in [0.1, 0.15) is 29.2 Å². The van der Waals surface area contributed by atoms with Gasteiger partial charge in [-0.25, -0.2) is 9.78 Å². The molecule has 0 radical (unpaired) electrons. The summed E-state index contributed by atoms with van der Waals surface area (Å²) in [6, 6.07) is 12.0. The average molecular weight is 403 g/mol. The standard InChI is InChI=1S/C18H15BrN2O4/c1-10(16-20-15-6-4-3-5-12(15)17(22)21-16)25-18(23)13-9-11(24-2)7-8-14(13)19/h3-10H,1-2H3,(H,20,21,22). The van der Waals surface area contributed by atoms with Crippen LogP contribution in [0.3, 0.4) is 0 Å². The Balaban J connectivity index is 1.88. The van der Waals surface area contributed by atoms with Gasteiger partial charge in [0.25, 0.3) is 5.56 Å². The molecule has 128 valence electrons. The van der Waals surface area contributed by atoms with Gasteiger partial charge in [0.2, 0.25) is 0 Å². The number of carbonyl (C=O) groups is 1. The number of aromatic nitrogens is 2. The van der Waals surface area contributed by atoms with Crippen LogP contribution in [0, 0.1) is 0 Å². The highest BCUT2D eigenvalue weighted by Crippen LogP contribution is 2.25. The Labute approximate surface area is 151 Å². The van der Waals surface area contributed by atoms with E-state index in [4.69, 9.17) is 9.47 Å². The first-order valence-corrected chi connectivity index (χ1v) is 8.32. The van der Waals surface area contributed by atoms with E-state index in [1.807, 2.05) is 0 Å². The molecule has 0 saturated carbocycles. The number of esters is 1.